The monoisotopic (exact) mass is 394 g/mol. The molecule has 4 N–H and O–H groups in total. The molecular weight excluding hydrogens is 368 g/mol. The van der Waals surface area contributed by atoms with Crippen LogP contribution in [-0.4, -0.2) is 64.8 Å². The maximum atomic E-state index is 12.7. The highest BCUT2D eigenvalue weighted by atomic mass is 16.2. The van der Waals surface area contributed by atoms with Crippen molar-refractivity contribution in [1.82, 2.24) is 19.8 Å². The van der Waals surface area contributed by atoms with E-state index in [-0.39, 0.29) is 17.2 Å². The zero-order valence-electron chi connectivity index (χ0n) is 16.5. The summed E-state index contributed by atoms with van der Waals surface area (Å²) < 4.78 is 0. The van der Waals surface area contributed by atoms with Crippen LogP contribution in [0.2, 0.25) is 0 Å². The van der Waals surface area contributed by atoms with E-state index in [4.69, 9.17) is 11.5 Å². The maximum absolute atomic E-state index is 12.7. The maximum Gasteiger partial charge on any atom is 0.248 e. The van der Waals surface area contributed by atoms with Crippen molar-refractivity contribution in [2.75, 3.05) is 39.0 Å². The molecular formula is C21H26N6O2. The van der Waals surface area contributed by atoms with E-state index in [1.54, 1.807) is 18.3 Å². The number of primary amides is 1. The SMILES string of the molecule is CN1CC(c2ccnc(N)n2)C2(C1)CN(C(=O)CCc1ccc(C(N)=O)cc1)C2. The number of hydrogen-bond acceptors (Lipinski definition) is 6. The first-order chi connectivity index (χ1) is 13.9. The average molecular weight is 394 g/mol. The minimum atomic E-state index is -0.444. The van der Waals surface area contributed by atoms with E-state index in [1.807, 2.05) is 23.1 Å². The van der Waals surface area contributed by atoms with Gasteiger partial charge in [0.05, 0.1) is 5.69 Å². The van der Waals surface area contributed by atoms with E-state index >= 15 is 0 Å². The number of likely N-dealkylation sites (N-methyl/N-ethyl adjacent to an activating group) is 1. The summed E-state index contributed by atoms with van der Waals surface area (Å²) in [5.74, 6) is 0.259. The summed E-state index contributed by atoms with van der Waals surface area (Å²) in [5, 5.41) is 0. The highest BCUT2D eigenvalue weighted by Crippen LogP contribution is 2.48. The molecule has 2 amide bonds. The minimum Gasteiger partial charge on any atom is -0.368 e. The normalized spacial score (nSPS) is 20.6. The molecule has 29 heavy (non-hydrogen) atoms. The summed E-state index contributed by atoms with van der Waals surface area (Å²) >= 11 is 0. The number of hydrogen-bond donors (Lipinski definition) is 2. The summed E-state index contributed by atoms with van der Waals surface area (Å²) in [6.45, 7) is 3.33. The smallest absolute Gasteiger partial charge is 0.248 e. The van der Waals surface area contributed by atoms with Crippen LogP contribution in [0.15, 0.2) is 36.5 Å². The number of carbonyl (C=O) groups excluding carboxylic acids is 2. The first-order valence-corrected chi connectivity index (χ1v) is 9.80. The molecule has 3 heterocycles. The topological polar surface area (TPSA) is 118 Å². The van der Waals surface area contributed by atoms with Crippen LogP contribution in [0.5, 0.6) is 0 Å². The number of rotatable bonds is 5. The summed E-state index contributed by atoms with van der Waals surface area (Å²) in [7, 11) is 2.10. The highest BCUT2D eigenvalue weighted by molar-refractivity contribution is 5.92. The Bertz CT molecular complexity index is 923. The Morgan fingerprint density at radius 1 is 1.17 bits per heavy atom. The Kier molecular flexibility index (Phi) is 4.96. The molecule has 0 aliphatic carbocycles. The lowest BCUT2D eigenvalue weighted by atomic mass is 9.70. The molecule has 8 heteroatoms. The van der Waals surface area contributed by atoms with Crippen molar-refractivity contribution in [2.24, 2.45) is 11.1 Å². The summed E-state index contributed by atoms with van der Waals surface area (Å²) in [6, 6.07) is 9.04. The van der Waals surface area contributed by atoms with Crippen molar-refractivity contribution >= 4 is 17.8 Å². The number of nitrogens with zero attached hydrogens (tertiary/aromatic N) is 4. The molecule has 0 saturated carbocycles. The quantitative estimate of drug-likeness (QED) is 0.769. The highest BCUT2D eigenvalue weighted by Gasteiger charge is 2.55. The molecule has 1 spiro atoms. The lowest BCUT2D eigenvalue weighted by molar-refractivity contribution is -0.143. The van der Waals surface area contributed by atoms with Crippen LogP contribution in [0.25, 0.3) is 0 Å². The molecule has 152 valence electrons. The van der Waals surface area contributed by atoms with E-state index in [9.17, 15) is 9.59 Å². The van der Waals surface area contributed by atoms with Gasteiger partial charge >= 0.3 is 0 Å². The van der Waals surface area contributed by atoms with Crippen molar-refractivity contribution in [1.29, 1.82) is 0 Å². The van der Waals surface area contributed by atoms with Crippen LogP contribution < -0.4 is 11.5 Å². The van der Waals surface area contributed by atoms with Gasteiger partial charge in [-0.3, -0.25) is 9.59 Å². The number of benzene rings is 1. The standard InChI is InChI=1S/C21H26N6O2/c1-26-10-16(17-8-9-24-20(23)25-17)21(11-26)12-27(13-21)18(28)7-4-14-2-5-15(6-3-14)19(22)29/h2-3,5-6,8-9,16H,4,7,10-13H2,1H3,(H2,22,29)(H2,23,24,25). The Morgan fingerprint density at radius 2 is 1.90 bits per heavy atom. The molecule has 4 rings (SSSR count). The van der Waals surface area contributed by atoms with Gasteiger partial charge in [0.25, 0.3) is 0 Å². The van der Waals surface area contributed by atoms with Gasteiger partial charge in [0.15, 0.2) is 0 Å². The van der Waals surface area contributed by atoms with E-state index in [2.05, 4.69) is 21.9 Å². The number of anilines is 1. The Hall–Kier alpha value is -3.00. The second kappa shape index (κ2) is 7.44. The number of nitrogen functional groups attached to an aromatic ring is 1. The van der Waals surface area contributed by atoms with E-state index in [0.29, 0.717) is 24.4 Å². The van der Waals surface area contributed by atoms with E-state index < -0.39 is 5.91 Å². The van der Waals surface area contributed by atoms with Crippen LogP contribution in [0, 0.1) is 5.41 Å². The molecule has 0 radical (unpaired) electrons. The molecule has 1 atom stereocenters. The number of likely N-dealkylation sites (tertiary alicyclic amines) is 2. The second-order valence-corrected chi connectivity index (χ2v) is 8.26. The van der Waals surface area contributed by atoms with Crippen molar-refractivity contribution in [3.05, 3.63) is 53.3 Å². The van der Waals surface area contributed by atoms with Gasteiger partial charge in [-0.2, -0.15) is 0 Å². The fourth-order valence-corrected chi connectivity index (χ4v) is 4.66. The second-order valence-electron chi connectivity index (χ2n) is 8.26. The van der Waals surface area contributed by atoms with Crippen LogP contribution >= 0.6 is 0 Å². The van der Waals surface area contributed by atoms with Gasteiger partial charge in [-0.1, -0.05) is 12.1 Å². The van der Waals surface area contributed by atoms with Gasteiger partial charge in [-0.15, -0.1) is 0 Å². The zero-order chi connectivity index (χ0) is 20.6. The third-order valence-electron chi connectivity index (χ3n) is 6.10. The Morgan fingerprint density at radius 3 is 2.55 bits per heavy atom. The lowest BCUT2D eigenvalue weighted by Gasteiger charge is -2.51. The summed E-state index contributed by atoms with van der Waals surface area (Å²) in [4.78, 5) is 36.5. The molecule has 2 saturated heterocycles. The van der Waals surface area contributed by atoms with E-state index in [0.717, 1.165) is 37.4 Å². The fourth-order valence-electron chi connectivity index (χ4n) is 4.66. The molecule has 2 aromatic rings. The number of aryl methyl sites for hydroxylation is 1. The summed E-state index contributed by atoms with van der Waals surface area (Å²) in [6.07, 6.45) is 2.80. The van der Waals surface area contributed by atoms with Crippen molar-refractivity contribution < 1.29 is 9.59 Å². The lowest BCUT2D eigenvalue weighted by Crippen LogP contribution is -2.61. The average Bonchev–Trinajstić information content (AvgIpc) is 3.03. The first-order valence-electron chi connectivity index (χ1n) is 9.80. The van der Waals surface area contributed by atoms with Crippen molar-refractivity contribution in [3.8, 4) is 0 Å². The third kappa shape index (κ3) is 3.80. The Labute approximate surface area is 169 Å². The summed E-state index contributed by atoms with van der Waals surface area (Å²) in [5.41, 5.74) is 13.5. The van der Waals surface area contributed by atoms with Crippen LogP contribution in [-0.2, 0) is 11.2 Å². The van der Waals surface area contributed by atoms with Crippen molar-refractivity contribution in [2.45, 2.75) is 18.8 Å². The zero-order valence-corrected chi connectivity index (χ0v) is 16.5. The van der Waals surface area contributed by atoms with E-state index in [1.165, 1.54) is 0 Å². The minimum absolute atomic E-state index is 0.0361. The Balaban J connectivity index is 1.36. The van der Waals surface area contributed by atoms with Gasteiger partial charge in [-0.25, -0.2) is 9.97 Å². The number of aromatic nitrogens is 2. The molecule has 1 aromatic carbocycles. The van der Waals surface area contributed by atoms with Gasteiger partial charge in [0.2, 0.25) is 17.8 Å². The largest absolute Gasteiger partial charge is 0.368 e. The molecule has 8 nitrogen and oxygen atoms in total. The van der Waals surface area contributed by atoms with Crippen LogP contribution in [0.1, 0.15) is 34.0 Å². The van der Waals surface area contributed by atoms with Crippen LogP contribution in [0.4, 0.5) is 5.95 Å². The van der Waals surface area contributed by atoms with Gasteiger partial charge in [-0.05, 0) is 37.2 Å². The fraction of sp³-hybridized carbons (Fsp3) is 0.429. The molecule has 0 bridgehead atoms. The molecule has 1 unspecified atom stereocenters. The van der Waals surface area contributed by atoms with Gasteiger partial charge in [0.1, 0.15) is 0 Å². The molecule has 2 aliphatic rings. The number of carbonyl (C=O) groups is 2. The predicted molar refractivity (Wildman–Crippen MR) is 109 cm³/mol. The number of nitrogens with two attached hydrogens (primary N) is 2. The van der Waals surface area contributed by atoms with Gasteiger partial charge in [0, 0.05) is 55.7 Å². The molecule has 2 aliphatic heterocycles. The number of amides is 2. The van der Waals surface area contributed by atoms with Crippen LogP contribution in [0.3, 0.4) is 0 Å². The van der Waals surface area contributed by atoms with Crippen molar-refractivity contribution in [3.63, 3.8) is 0 Å². The molecule has 1 aromatic heterocycles. The van der Waals surface area contributed by atoms with Gasteiger partial charge < -0.3 is 21.3 Å². The molecule has 2 fully saturated rings. The third-order valence-corrected chi connectivity index (χ3v) is 6.10. The first kappa shape index (κ1) is 19.3. The predicted octanol–water partition coefficient (Wildman–Crippen LogP) is 0.648.